The zero-order chi connectivity index (χ0) is 23.4. The number of hydrogen-bond acceptors (Lipinski definition) is 4. The summed E-state index contributed by atoms with van der Waals surface area (Å²) < 4.78 is 5.61. The molecule has 33 heavy (non-hydrogen) atoms. The summed E-state index contributed by atoms with van der Waals surface area (Å²) in [6.07, 6.45) is 3.41. The maximum atomic E-state index is 12.4. The normalized spacial score (nSPS) is 11.0. The Kier molecular flexibility index (Phi) is 6.94. The minimum absolute atomic E-state index is 0.117. The second kappa shape index (κ2) is 10.0. The summed E-state index contributed by atoms with van der Waals surface area (Å²) in [6, 6.07) is 17.4. The van der Waals surface area contributed by atoms with Gasteiger partial charge in [0.2, 0.25) is 0 Å². The van der Waals surface area contributed by atoms with Crippen LogP contribution in [0.1, 0.15) is 36.5 Å². The molecule has 3 aromatic carbocycles. The molecule has 1 amide bonds. The molecule has 0 aliphatic rings. The van der Waals surface area contributed by atoms with E-state index in [0.717, 1.165) is 17.7 Å². The number of carbonyl (C=O) groups is 1. The molecule has 1 N–H and O–H groups in total. The predicted octanol–water partition coefficient (Wildman–Crippen LogP) is 6.05. The molecule has 7 heteroatoms. The van der Waals surface area contributed by atoms with Gasteiger partial charge in [0.05, 0.1) is 16.4 Å². The van der Waals surface area contributed by atoms with Crippen LogP contribution < -0.4 is 10.1 Å². The third kappa shape index (κ3) is 5.52. The van der Waals surface area contributed by atoms with Crippen molar-refractivity contribution < 1.29 is 9.53 Å². The Hall–Kier alpha value is -3.38. The Morgan fingerprint density at radius 3 is 2.42 bits per heavy atom. The number of aryl methyl sites for hydroxylation is 3. The summed E-state index contributed by atoms with van der Waals surface area (Å²) in [5, 5.41) is 12.3. The lowest BCUT2D eigenvalue weighted by Gasteiger charge is -2.10. The predicted molar refractivity (Wildman–Crippen MR) is 133 cm³/mol. The summed E-state index contributed by atoms with van der Waals surface area (Å²) in [4.78, 5) is 14.0. The largest absolute Gasteiger partial charge is 0.484 e. The molecule has 1 aromatic heterocycles. The Labute approximate surface area is 198 Å². The first-order valence-corrected chi connectivity index (χ1v) is 11.5. The lowest BCUT2D eigenvalue weighted by Crippen LogP contribution is -2.20. The second-order valence-corrected chi connectivity index (χ2v) is 8.57. The van der Waals surface area contributed by atoms with Gasteiger partial charge in [-0.15, -0.1) is 10.2 Å². The summed E-state index contributed by atoms with van der Waals surface area (Å²) in [6.45, 7) is 6.11. The van der Waals surface area contributed by atoms with Crippen LogP contribution in [0.25, 0.3) is 16.7 Å². The Bertz CT molecular complexity index is 1280. The molecule has 4 rings (SSSR count). The summed E-state index contributed by atoms with van der Waals surface area (Å²) >= 11 is 6.39. The highest BCUT2D eigenvalue weighted by molar-refractivity contribution is 6.34. The Balaban J connectivity index is 1.45. The molecule has 170 valence electrons. The first kappa shape index (κ1) is 22.8. The third-order valence-electron chi connectivity index (χ3n) is 5.58. The number of carbonyl (C=O) groups excluding carboxylic acids is 1. The molecular formula is C26H27ClN4O2. The molecule has 0 aliphatic heterocycles. The van der Waals surface area contributed by atoms with Crippen LogP contribution in [0.3, 0.4) is 0 Å². The van der Waals surface area contributed by atoms with Crippen LogP contribution in [0.2, 0.25) is 5.02 Å². The van der Waals surface area contributed by atoms with E-state index in [-0.39, 0.29) is 12.5 Å². The minimum Gasteiger partial charge on any atom is -0.484 e. The van der Waals surface area contributed by atoms with Crippen molar-refractivity contribution in [2.75, 3.05) is 11.9 Å². The number of benzene rings is 3. The van der Waals surface area contributed by atoms with E-state index in [9.17, 15) is 4.79 Å². The van der Waals surface area contributed by atoms with Crippen LogP contribution in [0, 0.1) is 13.8 Å². The van der Waals surface area contributed by atoms with Crippen LogP contribution in [0.4, 0.5) is 5.69 Å². The summed E-state index contributed by atoms with van der Waals surface area (Å²) in [5.74, 6) is 0.350. The monoisotopic (exact) mass is 462 g/mol. The van der Waals surface area contributed by atoms with Crippen molar-refractivity contribution in [1.29, 1.82) is 0 Å². The van der Waals surface area contributed by atoms with Crippen LogP contribution in [-0.2, 0) is 11.2 Å². The fourth-order valence-electron chi connectivity index (χ4n) is 3.46. The van der Waals surface area contributed by atoms with Gasteiger partial charge in [0.15, 0.2) is 6.61 Å². The molecule has 0 bridgehead atoms. The van der Waals surface area contributed by atoms with Gasteiger partial charge in [0.1, 0.15) is 16.8 Å². The molecule has 0 radical (unpaired) electrons. The fourth-order valence-corrected chi connectivity index (χ4v) is 3.67. The number of aromatic nitrogens is 3. The van der Waals surface area contributed by atoms with Crippen molar-refractivity contribution >= 4 is 34.2 Å². The summed E-state index contributed by atoms with van der Waals surface area (Å²) in [5.41, 5.74) is 6.22. The van der Waals surface area contributed by atoms with E-state index in [0.29, 0.717) is 27.5 Å². The number of amides is 1. The molecule has 4 aromatic rings. The van der Waals surface area contributed by atoms with E-state index in [1.165, 1.54) is 24.0 Å². The standard InChI is InChI=1S/C26H27ClN4O2/c1-4-5-6-19-8-10-20(11-9-19)31-29-24-14-22(27)23(15-25(24)30-31)28-26(32)16-33-21-12-7-17(2)18(3)13-21/h7-15H,4-6,16H2,1-3H3,(H,28,32). The first-order valence-electron chi connectivity index (χ1n) is 11.1. The third-order valence-corrected chi connectivity index (χ3v) is 5.89. The van der Waals surface area contributed by atoms with Crippen molar-refractivity contribution in [3.8, 4) is 11.4 Å². The van der Waals surface area contributed by atoms with Crippen molar-refractivity contribution in [3.05, 3.63) is 76.3 Å². The van der Waals surface area contributed by atoms with Gasteiger partial charge in [0, 0.05) is 0 Å². The van der Waals surface area contributed by atoms with Gasteiger partial charge in [-0.3, -0.25) is 4.79 Å². The molecule has 0 unspecified atom stereocenters. The highest BCUT2D eigenvalue weighted by Gasteiger charge is 2.12. The molecule has 0 fully saturated rings. The van der Waals surface area contributed by atoms with Gasteiger partial charge in [-0.2, -0.15) is 4.80 Å². The second-order valence-electron chi connectivity index (χ2n) is 8.16. The van der Waals surface area contributed by atoms with Crippen molar-refractivity contribution in [3.63, 3.8) is 0 Å². The number of rotatable bonds is 8. The van der Waals surface area contributed by atoms with E-state index < -0.39 is 0 Å². The van der Waals surface area contributed by atoms with Gasteiger partial charge in [-0.05, 0) is 79.8 Å². The van der Waals surface area contributed by atoms with Gasteiger partial charge < -0.3 is 10.1 Å². The number of anilines is 1. The van der Waals surface area contributed by atoms with Gasteiger partial charge >= 0.3 is 0 Å². The molecule has 0 spiro atoms. The van der Waals surface area contributed by atoms with E-state index in [1.807, 2.05) is 44.2 Å². The van der Waals surface area contributed by atoms with Gasteiger partial charge in [-0.25, -0.2) is 0 Å². The maximum Gasteiger partial charge on any atom is 0.262 e. The topological polar surface area (TPSA) is 69.0 Å². The minimum atomic E-state index is -0.301. The Morgan fingerprint density at radius 2 is 1.73 bits per heavy atom. The molecule has 0 atom stereocenters. The summed E-state index contributed by atoms with van der Waals surface area (Å²) in [7, 11) is 0. The number of halogens is 1. The van der Waals surface area contributed by atoms with E-state index in [4.69, 9.17) is 16.3 Å². The zero-order valence-corrected chi connectivity index (χ0v) is 19.8. The number of ether oxygens (including phenoxy) is 1. The molecule has 0 aliphatic carbocycles. The van der Waals surface area contributed by atoms with E-state index in [1.54, 1.807) is 16.9 Å². The van der Waals surface area contributed by atoms with Crippen LogP contribution in [-0.4, -0.2) is 27.5 Å². The van der Waals surface area contributed by atoms with E-state index >= 15 is 0 Å². The average Bonchev–Trinajstić information content (AvgIpc) is 3.21. The highest BCUT2D eigenvalue weighted by Crippen LogP contribution is 2.27. The number of nitrogens with one attached hydrogen (secondary N) is 1. The van der Waals surface area contributed by atoms with Gasteiger partial charge in [0.25, 0.3) is 5.91 Å². The molecule has 0 saturated heterocycles. The molecular weight excluding hydrogens is 436 g/mol. The van der Waals surface area contributed by atoms with Crippen LogP contribution in [0.5, 0.6) is 5.75 Å². The fraction of sp³-hybridized carbons (Fsp3) is 0.269. The Morgan fingerprint density at radius 1 is 1.00 bits per heavy atom. The quantitative estimate of drug-likeness (QED) is 0.346. The highest BCUT2D eigenvalue weighted by atomic mass is 35.5. The smallest absolute Gasteiger partial charge is 0.262 e. The lowest BCUT2D eigenvalue weighted by molar-refractivity contribution is -0.118. The zero-order valence-electron chi connectivity index (χ0n) is 19.1. The number of unbranched alkanes of at least 4 members (excludes halogenated alkanes) is 1. The maximum absolute atomic E-state index is 12.4. The number of nitrogens with zero attached hydrogens (tertiary/aromatic N) is 3. The average molecular weight is 463 g/mol. The molecule has 6 nitrogen and oxygen atoms in total. The van der Waals surface area contributed by atoms with Crippen molar-refractivity contribution in [2.45, 2.75) is 40.0 Å². The molecule has 0 saturated carbocycles. The lowest BCUT2D eigenvalue weighted by atomic mass is 10.1. The van der Waals surface area contributed by atoms with Crippen LogP contribution >= 0.6 is 11.6 Å². The van der Waals surface area contributed by atoms with E-state index in [2.05, 4.69) is 34.6 Å². The SMILES string of the molecule is CCCCc1ccc(-n2nc3cc(Cl)c(NC(=O)COc4ccc(C)c(C)c4)cc3n2)cc1. The first-order chi connectivity index (χ1) is 15.9. The molecule has 1 heterocycles. The number of fused-ring (bicyclic) bond motifs is 1. The van der Waals surface area contributed by atoms with Crippen molar-refractivity contribution in [2.24, 2.45) is 0 Å². The number of hydrogen-bond donors (Lipinski definition) is 1. The van der Waals surface area contributed by atoms with Gasteiger partial charge in [-0.1, -0.05) is 43.1 Å². The van der Waals surface area contributed by atoms with Crippen LogP contribution in [0.15, 0.2) is 54.6 Å². The van der Waals surface area contributed by atoms with Crippen molar-refractivity contribution in [1.82, 2.24) is 15.0 Å².